The molecule has 0 saturated heterocycles. The van der Waals surface area contributed by atoms with Gasteiger partial charge in [0.1, 0.15) is 12.2 Å². The van der Waals surface area contributed by atoms with Crippen LogP contribution in [0.1, 0.15) is 5.56 Å². The summed E-state index contributed by atoms with van der Waals surface area (Å²) in [5, 5.41) is 5.09. The summed E-state index contributed by atoms with van der Waals surface area (Å²) in [4.78, 5) is 14.5. The van der Waals surface area contributed by atoms with E-state index in [1.165, 1.54) is 18.5 Å². The quantitative estimate of drug-likeness (QED) is 0.884. The van der Waals surface area contributed by atoms with Gasteiger partial charge >= 0.3 is 0 Å². The van der Waals surface area contributed by atoms with Crippen LogP contribution in [-0.4, -0.2) is 37.3 Å². The molecule has 0 amide bonds. The monoisotopic (exact) mass is 303 g/mol. The van der Waals surface area contributed by atoms with Gasteiger partial charge < -0.3 is 4.90 Å². The van der Waals surface area contributed by atoms with E-state index in [4.69, 9.17) is 5.14 Å². The van der Waals surface area contributed by atoms with Gasteiger partial charge in [-0.1, -0.05) is 0 Å². The van der Waals surface area contributed by atoms with Crippen molar-refractivity contribution in [3.8, 4) is 0 Å². The number of primary sulfonamides is 1. The summed E-state index contributed by atoms with van der Waals surface area (Å²) in [6, 6.07) is 6.34. The van der Waals surface area contributed by atoms with Crippen LogP contribution in [-0.2, 0) is 10.0 Å². The van der Waals surface area contributed by atoms with E-state index in [1.54, 1.807) is 24.5 Å². The number of rotatable bonds is 3. The van der Waals surface area contributed by atoms with Crippen LogP contribution < -0.4 is 10.0 Å². The summed E-state index contributed by atoms with van der Waals surface area (Å²) in [5.74, 6) is 0.769. The molecule has 0 aliphatic carbocycles. The third-order valence-corrected chi connectivity index (χ3v) is 4.07. The lowest BCUT2D eigenvalue weighted by Gasteiger charge is -2.19. The SMILES string of the molecule is NS(=O)(=O)c1ccc(C2=NCCN2c2cncnc2)cc1. The molecule has 0 bridgehead atoms. The fourth-order valence-electron chi connectivity index (χ4n) is 2.17. The van der Waals surface area contributed by atoms with E-state index in [9.17, 15) is 8.42 Å². The van der Waals surface area contributed by atoms with Crippen LogP contribution in [0.3, 0.4) is 0 Å². The molecular weight excluding hydrogens is 290 g/mol. The number of nitrogens with two attached hydrogens (primary N) is 1. The standard InChI is InChI=1S/C13H13N5O2S/c14-21(19,20)12-3-1-10(2-4-12)13-17-5-6-18(13)11-7-15-9-16-8-11/h1-4,7-9H,5-6H2,(H2,14,19,20). The van der Waals surface area contributed by atoms with Gasteiger partial charge in [0.15, 0.2) is 0 Å². The van der Waals surface area contributed by atoms with Crippen molar-refractivity contribution in [1.29, 1.82) is 0 Å². The summed E-state index contributed by atoms with van der Waals surface area (Å²) < 4.78 is 22.5. The molecule has 0 spiro atoms. The zero-order valence-corrected chi connectivity index (χ0v) is 11.9. The molecule has 1 aliphatic heterocycles. The van der Waals surface area contributed by atoms with E-state index in [-0.39, 0.29) is 4.90 Å². The van der Waals surface area contributed by atoms with Gasteiger partial charge in [0, 0.05) is 12.1 Å². The molecule has 0 atom stereocenters. The molecular formula is C13H13N5O2S. The van der Waals surface area contributed by atoms with Crippen LogP contribution >= 0.6 is 0 Å². The predicted molar refractivity (Wildman–Crippen MR) is 78.6 cm³/mol. The van der Waals surface area contributed by atoms with Crippen LogP contribution in [0.25, 0.3) is 0 Å². The van der Waals surface area contributed by atoms with Crippen LogP contribution in [0.15, 0.2) is 52.9 Å². The Labute approximate surface area is 122 Å². The number of hydrogen-bond donors (Lipinski definition) is 1. The molecule has 108 valence electrons. The Morgan fingerprint density at radius 1 is 1.10 bits per heavy atom. The summed E-state index contributed by atoms with van der Waals surface area (Å²) in [6.07, 6.45) is 4.90. The summed E-state index contributed by atoms with van der Waals surface area (Å²) in [7, 11) is -3.68. The van der Waals surface area contributed by atoms with Gasteiger partial charge in [-0.25, -0.2) is 23.5 Å². The average molecular weight is 303 g/mol. The van der Waals surface area contributed by atoms with Crippen molar-refractivity contribution >= 4 is 21.5 Å². The Morgan fingerprint density at radius 2 is 1.76 bits per heavy atom. The molecule has 0 fully saturated rings. The molecule has 21 heavy (non-hydrogen) atoms. The minimum Gasteiger partial charge on any atom is -0.322 e. The second-order valence-electron chi connectivity index (χ2n) is 4.52. The molecule has 2 aromatic rings. The van der Waals surface area contributed by atoms with E-state index in [0.29, 0.717) is 6.54 Å². The minimum absolute atomic E-state index is 0.0828. The van der Waals surface area contributed by atoms with Crippen molar-refractivity contribution in [2.24, 2.45) is 10.1 Å². The third-order valence-electron chi connectivity index (χ3n) is 3.14. The highest BCUT2D eigenvalue weighted by Gasteiger charge is 2.21. The Bertz CT molecular complexity index is 772. The third kappa shape index (κ3) is 2.76. The van der Waals surface area contributed by atoms with Crippen molar-refractivity contribution in [2.75, 3.05) is 18.0 Å². The number of anilines is 1. The van der Waals surface area contributed by atoms with Crippen LogP contribution in [0.5, 0.6) is 0 Å². The zero-order chi connectivity index (χ0) is 14.9. The van der Waals surface area contributed by atoms with Gasteiger partial charge in [-0.3, -0.25) is 4.99 Å². The Balaban J connectivity index is 1.93. The van der Waals surface area contributed by atoms with E-state index >= 15 is 0 Å². The first-order valence-corrected chi connectivity index (χ1v) is 7.80. The molecule has 1 aromatic carbocycles. The molecule has 3 rings (SSSR count). The predicted octanol–water partition coefficient (Wildman–Crippen LogP) is 0.391. The summed E-state index contributed by atoms with van der Waals surface area (Å²) in [5.41, 5.74) is 1.67. The second kappa shape index (κ2) is 5.23. The molecule has 7 nitrogen and oxygen atoms in total. The lowest BCUT2D eigenvalue weighted by molar-refractivity contribution is 0.598. The highest BCUT2D eigenvalue weighted by Crippen LogP contribution is 2.20. The van der Waals surface area contributed by atoms with E-state index in [1.807, 2.05) is 4.90 Å². The molecule has 1 aliphatic rings. The molecule has 0 saturated carbocycles. The van der Waals surface area contributed by atoms with Crippen molar-refractivity contribution in [3.05, 3.63) is 48.5 Å². The number of benzene rings is 1. The van der Waals surface area contributed by atoms with Gasteiger partial charge in [0.2, 0.25) is 10.0 Å². The van der Waals surface area contributed by atoms with Crippen molar-refractivity contribution in [3.63, 3.8) is 0 Å². The minimum atomic E-state index is -3.68. The van der Waals surface area contributed by atoms with Gasteiger partial charge in [0.25, 0.3) is 0 Å². The first kappa shape index (κ1) is 13.7. The zero-order valence-electron chi connectivity index (χ0n) is 11.0. The fraction of sp³-hybridized carbons (Fsp3) is 0.154. The highest BCUT2D eigenvalue weighted by molar-refractivity contribution is 7.89. The highest BCUT2D eigenvalue weighted by atomic mass is 32.2. The van der Waals surface area contributed by atoms with Crippen molar-refractivity contribution in [1.82, 2.24) is 9.97 Å². The number of aliphatic imine (C=N–C) groups is 1. The Morgan fingerprint density at radius 3 is 2.38 bits per heavy atom. The molecule has 2 heterocycles. The molecule has 0 unspecified atom stereocenters. The summed E-state index contributed by atoms with van der Waals surface area (Å²) in [6.45, 7) is 1.40. The number of amidine groups is 1. The van der Waals surface area contributed by atoms with Crippen molar-refractivity contribution in [2.45, 2.75) is 4.90 Å². The first-order valence-electron chi connectivity index (χ1n) is 6.26. The summed E-state index contributed by atoms with van der Waals surface area (Å²) >= 11 is 0. The lowest BCUT2D eigenvalue weighted by Crippen LogP contribution is -2.28. The maximum Gasteiger partial charge on any atom is 0.238 e. The van der Waals surface area contributed by atoms with E-state index in [0.717, 1.165) is 23.6 Å². The normalized spacial score (nSPS) is 15.1. The molecule has 2 N–H and O–H groups in total. The van der Waals surface area contributed by atoms with Crippen molar-refractivity contribution < 1.29 is 8.42 Å². The number of hydrogen-bond acceptors (Lipinski definition) is 6. The smallest absolute Gasteiger partial charge is 0.238 e. The van der Waals surface area contributed by atoms with Crippen LogP contribution in [0.4, 0.5) is 5.69 Å². The first-order chi connectivity index (χ1) is 10.1. The van der Waals surface area contributed by atoms with Gasteiger partial charge in [0.05, 0.1) is 29.5 Å². The van der Waals surface area contributed by atoms with Crippen LogP contribution in [0.2, 0.25) is 0 Å². The van der Waals surface area contributed by atoms with E-state index in [2.05, 4.69) is 15.0 Å². The fourth-order valence-corrected chi connectivity index (χ4v) is 2.69. The Kier molecular flexibility index (Phi) is 3.40. The Hall–Kier alpha value is -2.32. The largest absolute Gasteiger partial charge is 0.322 e. The van der Waals surface area contributed by atoms with Crippen LogP contribution in [0, 0.1) is 0 Å². The number of nitrogens with zero attached hydrogens (tertiary/aromatic N) is 4. The molecule has 0 radical (unpaired) electrons. The van der Waals surface area contributed by atoms with Gasteiger partial charge in [-0.15, -0.1) is 0 Å². The van der Waals surface area contributed by atoms with E-state index < -0.39 is 10.0 Å². The lowest BCUT2D eigenvalue weighted by atomic mass is 10.2. The maximum atomic E-state index is 11.3. The molecule has 8 heteroatoms. The maximum absolute atomic E-state index is 11.3. The number of aromatic nitrogens is 2. The molecule has 1 aromatic heterocycles. The second-order valence-corrected chi connectivity index (χ2v) is 6.08. The topological polar surface area (TPSA) is 102 Å². The number of sulfonamides is 1. The van der Waals surface area contributed by atoms with Gasteiger partial charge in [-0.2, -0.15) is 0 Å². The average Bonchev–Trinajstić information content (AvgIpc) is 2.97. The van der Waals surface area contributed by atoms with Gasteiger partial charge in [-0.05, 0) is 24.3 Å².